The maximum Gasteiger partial charge on any atom is 0.229 e. The maximum atomic E-state index is 5.56. The Morgan fingerprint density at radius 2 is 2.09 bits per heavy atom. The molecule has 2 aromatic heterocycles. The lowest BCUT2D eigenvalue weighted by Gasteiger charge is -2.12. The highest BCUT2D eigenvalue weighted by atomic mass is 15.1. The first-order valence-electron chi connectivity index (χ1n) is 7.77. The van der Waals surface area contributed by atoms with E-state index in [1.807, 2.05) is 25.3 Å². The van der Waals surface area contributed by atoms with Crippen molar-refractivity contribution in [1.82, 2.24) is 15.0 Å². The fourth-order valence-corrected chi connectivity index (χ4v) is 2.27. The van der Waals surface area contributed by atoms with Gasteiger partial charge in [-0.15, -0.1) is 0 Å². The third-order valence-corrected chi connectivity index (χ3v) is 3.68. The van der Waals surface area contributed by atoms with Gasteiger partial charge in [0.15, 0.2) is 0 Å². The van der Waals surface area contributed by atoms with Gasteiger partial charge >= 0.3 is 0 Å². The van der Waals surface area contributed by atoms with Crippen LogP contribution in [0.2, 0.25) is 0 Å². The molecule has 22 heavy (non-hydrogen) atoms. The van der Waals surface area contributed by atoms with Crippen molar-refractivity contribution < 1.29 is 0 Å². The van der Waals surface area contributed by atoms with Gasteiger partial charge < -0.3 is 16.4 Å². The maximum absolute atomic E-state index is 5.56. The molecule has 3 rings (SSSR count). The van der Waals surface area contributed by atoms with Crippen molar-refractivity contribution in [1.29, 1.82) is 0 Å². The summed E-state index contributed by atoms with van der Waals surface area (Å²) in [5, 5.41) is 6.58. The molecule has 0 aromatic carbocycles. The average Bonchev–Trinajstić information content (AvgIpc) is 3.35. The van der Waals surface area contributed by atoms with Gasteiger partial charge in [0, 0.05) is 24.0 Å². The quantitative estimate of drug-likeness (QED) is 0.681. The molecule has 0 saturated heterocycles. The number of hydrogen-bond acceptors (Lipinski definition) is 6. The van der Waals surface area contributed by atoms with E-state index >= 15 is 0 Å². The van der Waals surface area contributed by atoms with Crippen LogP contribution in [0.15, 0.2) is 24.5 Å². The van der Waals surface area contributed by atoms with Crippen molar-refractivity contribution in [2.75, 3.05) is 23.7 Å². The fraction of sp³-hybridized carbons (Fsp3) is 0.438. The molecular formula is C16H22N6. The summed E-state index contributed by atoms with van der Waals surface area (Å²) < 4.78 is 0. The van der Waals surface area contributed by atoms with Gasteiger partial charge in [-0.05, 0) is 50.8 Å². The Hall–Kier alpha value is -2.21. The third kappa shape index (κ3) is 3.71. The second kappa shape index (κ2) is 6.70. The monoisotopic (exact) mass is 298 g/mol. The van der Waals surface area contributed by atoms with Crippen LogP contribution in [0.5, 0.6) is 0 Å². The molecule has 6 nitrogen and oxygen atoms in total. The molecule has 0 amide bonds. The Kier molecular flexibility index (Phi) is 4.48. The van der Waals surface area contributed by atoms with E-state index in [1.165, 1.54) is 18.4 Å². The molecule has 0 atom stereocenters. The predicted molar refractivity (Wildman–Crippen MR) is 88.4 cm³/mol. The van der Waals surface area contributed by atoms with Gasteiger partial charge in [-0.1, -0.05) is 0 Å². The highest BCUT2D eigenvalue weighted by Gasteiger charge is 2.27. The zero-order valence-electron chi connectivity index (χ0n) is 12.8. The highest BCUT2D eigenvalue weighted by molar-refractivity contribution is 5.56. The summed E-state index contributed by atoms with van der Waals surface area (Å²) in [6.45, 7) is 3.47. The zero-order chi connectivity index (χ0) is 15.4. The fourth-order valence-electron chi connectivity index (χ4n) is 2.27. The van der Waals surface area contributed by atoms with Crippen LogP contribution in [0.25, 0.3) is 0 Å². The van der Waals surface area contributed by atoms with Crippen LogP contribution < -0.4 is 16.4 Å². The standard InChI is InChI=1S/C16H22N6/c1-11-3-6-13(9-19-11)21-16-20-10-14(12-4-5-12)15(22-16)18-8-2-7-17/h3,6,9-10,12H,2,4-5,7-8,17H2,1H3,(H2,18,20,21,22). The Morgan fingerprint density at radius 3 is 2.77 bits per heavy atom. The number of nitrogens with zero attached hydrogens (tertiary/aromatic N) is 3. The molecule has 6 heteroatoms. The SMILES string of the molecule is Cc1ccc(Nc2ncc(C3CC3)c(NCCCN)n2)cn1. The number of nitrogens with two attached hydrogens (primary N) is 1. The predicted octanol–water partition coefficient (Wildman–Crippen LogP) is 2.56. The molecule has 0 aliphatic heterocycles. The molecule has 1 aliphatic carbocycles. The molecule has 2 aromatic rings. The molecule has 0 spiro atoms. The van der Waals surface area contributed by atoms with Crippen LogP contribution in [0.3, 0.4) is 0 Å². The lowest BCUT2D eigenvalue weighted by molar-refractivity contribution is 0.865. The normalized spacial score (nSPS) is 13.9. The van der Waals surface area contributed by atoms with E-state index in [4.69, 9.17) is 5.73 Å². The van der Waals surface area contributed by atoms with Gasteiger partial charge in [-0.2, -0.15) is 4.98 Å². The van der Waals surface area contributed by atoms with Crippen molar-refractivity contribution in [2.45, 2.75) is 32.1 Å². The Labute approximate surface area is 130 Å². The van der Waals surface area contributed by atoms with Crippen LogP contribution in [-0.2, 0) is 0 Å². The number of hydrogen-bond donors (Lipinski definition) is 3. The summed E-state index contributed by atoms with van der Waals surface area (Å²) in [4.78, 5) is 13.3. The minimum Gasteiger partial charge on any atom is -0.370 e. The van der Waals surface area contributed by atoms with Gasteiger partial charge in [0.2, 0.25) is 5.95 Å². The molecule has 1 saturated carbocycles. The van der Waals surface area contributed by atoms with Gasteiger partial charge in [0.1, 0.15) is 5.82 Å². The highest BCUT2D eigenvalue weighted by Crippen LogP contribution is 2.42. The van der Waals surface area contributed by atoms with Crippen molar-refractivity contribution in [3.8, 4) is 0 Å². The van der Waals surface area contributed by atoms with E-state index in [-0.39, 0.29) is 0 Å². The van der Waals surface area contributed by atoms with Gasteiger partial charge in [0.25, 0.3) is 0 Å². The summed E-state index contributed by atoms with van der Waals surface area (Å²) >= 11 is 0. The number of aryl methyl sites for hydroxylation is 1. The number of anilines is 3. The first kappa shape index (κ1) is 14.7. The van der Waals surface area contributed by atoms with Crippen LogP contribution in [0.1, 0.15) is 36.4 Å². The minimum atomic E-state index is 0.588. The summed E-state index contributed by atoms with van der Waals surface area (Å²) in [5.74, 6) is 2.12. The molecule has 4 N–H and O–H groups in total. The van der Waals surface area contributed by atoms with E-state index in [1.54, 1.807) is 6.20 Å². The van der Waals surface area contributed by atoms with Crippen LogP contribution >= 0.6 is 0 Å². The molecule has 1 fully saturated rings. The van der Waals surface area contributed by atoms with E-state index in [0.717, 1.165) is 30.2 Å². The van der Waals surface area contributed by atoms with Crippen LogP contribution in [0, 0.1) is 6.92 Å². The first-order chi connectivity index (χ1) is 10.8. The van der Waals surface area contributed by atoms with Crippen molar-refractivity contribution in [3.63, 3.8) is 0 Å². The van der Waals surface area contributed by atoms with Gasteiger partial charge in [-0.25, -0.2) is 4.98 Å². The number of rotatable bonds is 7. The minimum absolute atomic E-state index is 0.588. The molecule has 2 heterocycles. The van der Waals surface area contributed by atoms with E-state index < -0.39 is 0 Å². The van der Waals surface area contributed by atoms with E-state index in [9.17, 15) is 0 Å². The first-order valence-corrected chi connectivity index (χ1v) is 7.77. The summed E-state index contributed by atoms with van der Waals surface area (Å²) in [5.41, 5.74) is 8.64. The second-order valence-corrected chi connectivity index (χ2v) is 5.65. The average molecular weight is 298 g/mol. The van der Waals surface area contributed by atoms with Crippen molar-refractivity contribution in [2.24, 2.45) is 5.73 Å². The zero-order valence-corrected chi connectivity index (χ0v) is 12.8. The summed E-state index contributed by atoms with van der Waals surface area (Å²) in [7, 11) is 0. The van der Waals surface area contributed by atoms with Gasteiger partial charge in [0.05, 0.1) is 11.9 Å². The largest absolute Gasteiger partial charge is 0.370 e. The Balaban J connectivity index is 1.76. The Bertz CT molecular complexity index is 621. The van der Waals surface area contributed by atoms with E-state index in [0.29, 0.717) is 18.4 Å². The van der Waals surface area contributed by atoms with Crippen molar-refractivity contribution in [3.05, 3.63) is 35.8 Å². The molecule has 1 aliphatic rings. The second-order valence-electron chi connectivity index (χ2n) is 5.65. The van der Waals surface area contributed by atoms with E-state index in [2.05, 4.69) is 25.6 Å². The molecular weight excluding hydrogens is 276 g/mol. The molecule has 0 bridgehead atoms. The number of aromatic nitrogens is 3. The van der Waals surface area contributed by atoms with Crippen LogP contribution in [0.4, 0.5) is 17.5 Å². The molecule has 116 valence electrons. The van der Waals surface area contributed by atoms with Gasteiger partial charge in [-0.3, -0.25) is 4.98 Å². The van der Waals surface area contributed by atoms with Crippen LogP contribution in [-0.4, -0.2) is 28.0 Å². The molecule has 0 unspecified atom stereocenters. The number of pyridine rings is 1. The lowest BCUT2D eigenvalue weighted by Crippen LogP contribution is -2.12. The Morgan fingerprint density at radius 1 is 1.23 bits per heavy atom. The number of nitrogens with one attached hydrogen (secondary N) is 2. The lowest BCUT2D eigenvalue weighted by atomic mass is 10.2. The van der Waals surface area contributed by atoms with Crippen molar-refractivity contribution >= 4 is 17.5 Å². The third-order valence-electron chi connectivity index (χ3n) is 3.68. The smallest absolute Gasteiger partial charge is 0.229 e. The summed E-state index contributed by atoms with van der Waals surface area (Å²) in [6.07, 6.45) is 7.10. The summed E-state index contributed by atoms with van der Waals surface area (Å²) in [6, 6.07) is 3.93. The molecule has 0 radical (unpaired) electrons. The topological polar surface area (TPSA) is 88.8 Å².